The predicted molar refractivity (Wildman–Crippen MR) is 59.1 cm³/mol. The Labute approximate surface area is 86.8 Å². The largest absolute Gasteiger partial charge is 0.368 e. The molecule has 0 aromatic heterocycles. The summed E-state index contributed by atoms with van der Waals surface area (Å²) in [5.41, 5.74) is 4.81. The molecule has 4 heteroatoms. The van der Waals surface area contributed by atoms with Crippen LogP contribution in [-0.4, -0.2) is 43.5 Å². The molecule has 0 spiro atoms. The molecule has 0 rings (SSSR count). The Hall–Kier alpha value is -0.610. The van der Waals surface area contributed by atoms with Crippen molar-refractivity contribution in [1.82, 2.24) is 10.2 Å². The maximum absolute atomic E-state index is 11.3. The molecule has 1 atom stereocenters. The molecule has 14 heavy (non-hydrogen) atoms. The van der Waals surface area contributed by atoms with Gasteiger partial charge >= 0.3 is 0 Å². The molecule has 0 aliphatic carbocycles. The number of nitrogens with one attached hydrogen (secondary N) is 1. The van der Waals surface area contributed by atoms with Crippen LogP contribution in [0.3, 0.4) is 0 Å². The Bertz CT molecular complexity index is 182. The van der Waals surface area contributed by atoms with Crippen LogP contribution < -0.4 is 11.1 Å². The van der Waals surface area contributed by atoms with Crippen molar-refractivity contribution in [3.63, 3.8) is 0 Å². The van der Waals surface area contributed by atoms with Crippen LogP contribution in [0.5, 0.6) is 0 Å². The number of nitrogens with two attached hydrogens (primary N) is 1. The Morgan fingerprint density at radius 3 is 2.43 bits per heavy atom. The Morgan fingerprint density at radius 2 is 2.07 bits per heavy atom. The monoisotopic (exact) mass is 201 g/mol. The first kappa shape index (κ1) is 13.4. The minimum absolute atomic E-state index is 0.271. The molecule has 0 radical (unpaired) electrons. The van der Waals surface area contributed by atoms with E-state index in [1.165, 1.54) is 0 Å². The van der Waals surface area contributed by atoms with Gasteiger partial charge in [-0.25, -0.2) is 0 Å². The van der Waals surface area contributed by atoms with Gasteiger partial charge in [-0.3, -0.25) is 4.79 Å². The third-order valence-electron chi connectivity index (χ3n) is 2.37. The van der Waals surface area contributed by atoms with Gasteiger partial charge in [0.1, 0.15) is 0 Å². The lowest BCUT2D eigenvalue weighted by molar-refractivity contribution is -0.124. The molecule has 4 nitrogen and oxygen atoms in total. The topological polar surface area (TPSA) is 58.4 Å². The van der Waals surface area contributed by atoms with E-state index in [0.717, 1.165) is 25.9 Å². The van der Waals surface area contributed by atoms with Gasteiger partial charge in [0.05, 0.1) is 5.54 Å². The van der Waals surface area contributed by atoms with Gasteiger partial charge in [0, 0.05) is 0 Å². The lowest BCUT2D eigenvalue weighted by atomic mass is 9.96. The highest BCUT2D eigenvalue weighted by Crippen LogP contribution is 2.09. The summed E-state index contributed by atoms with van der Waals surface area (Å²) in [6, 6.07) is 0. The highest BCUT2D eigenvalue weighted by Gasteiger charge is 2.29. The maximum atomic E-state index is 11.3. The van der Waals surface area contributed by atoms with Gasteiger partial charge in [-0.2, -0.15) is 0 Å². The van der Waals surface area contributed by atoms with E-state index in [2.05, 4.69) is 17.1 Å². The molecule has 3 N–H and O–H groups in total. The van der Waals surface area contributed by atoms with E-state index >= 15 is 0 Å². The van der Waals surface area contributed by atoms with Crippen LogP contribution in [0.4, 0.5) is 0 Å². The molecule has 0 aliphatic heterocycles. The van der Waals surface area contributed by atoms with E-state index in [1.807, 2.05) is 21.0 Å². The number of carbonyl (C=O) groups excluding carboxylic acids is 1. The average molecular weight is 201 g/mol. The molecular formula is C10H23N3O. The zero-order chi connectivity index (χ0) is 11.2. The van der Waals surface area contributed by atoms with Crippen LogP contribution in [0.1, 0.15) is 26.7 Å². The number of rotatable bonds is 7. The van der Waals surface area contributed by atoms with Crippen LogP contribution >= 0.6 is 0 Å². The summed E-state index contributed by atoms with van der Waals surface area (Å²) in [5.74, 6) is -0.271. The minimum atomic E-state index is -0.569. The second-order valence-electron chi connectivity index (χ2n) is 4.18. The first-order valence-electron chi connectivity index (χ1n) is 5.12. The van der Waals surface area contributed by atoms with Crippen LogP contribution in [0, 0.1) is 0 Å². The standard InChI is InChI=1S/C10H23N3O/c1-5-7-12-10(2,9(11)14)6-8-13(3)4/h12H,5-8H2,1-4H3,(H2,11,14). The zero-order valence-electron chi connectivity index (χ0n) is 9.76. The summed E-state index contributed by atoms with van der Waals surface area (Å²) in [7, 11) is 3.97. The van der Waals surface area contributed by atoms with E-state index in [1.54, 1.807) is 0 Å². The number of hydrogen-bond acceptors (Lipinski definition) is 3. The molecule has 0 aromatic carbocycles. The van der Waals surface area contributed by atoms with Crippen molar-refractivity contribution >= 4 is 5.91 Å². The number of primary amides is 1. The molecule has 0 fully saturated rings. The fourth-order valence-corrected chi connectivity index (χ4v) is 1.15. The average Bonchev–Trinajstić information content (AvgIpc) is 2.11. The number of carbonyl (C=O) groups is 1. The molecule has 1 amide bonds. The molecule has 1 unspecified atom stereocenters. The van der Waals surface area contributed by atoms with Gasteiger partial charge in [0.15, 0.2) is 0 Å². The van der Waals surface area contributed by atoms with Gasteiger partial charge in [0.25, 0.3) is 0 Å². The Balaban J connectivity index is 4.17. The van der Waals surface area contributed by atoms with Gasteiger partial charge < -0.3 is 16.0 Å². The van der Waals surface area contributed by atoms with Gasteiger partial charge in [0.2, 0.25) is 5.91 Å². The molecule has 0 aliphatic rings. The van der Waals surface area contributed by atoms with Crippen molar-refractivity contribution in [2.75, 3.05) is 27.2 Å². The van der Waals surface area contributed by atoms with Crippen molar-refractivity contribution in [3.8, 4) is 0 Å². The van der Waals surface area contributed by atoms with E-state index < -0.39 is 5.54 Å². The first-order valence-corrected chi connectivity index (χ1v) is 5.12. The summed E-state index contributed by atoms with van der Waals surface area (Å²) < 4.78 is 0. The van der Waals surface area contributed by atoms with Crippen molar-refractivity contribution in [2.24, 2.45) is 5.73 Å². The second kappa shape index (κ2) is 5.98. The van der Waals surface area contributed by atoms with E-state index in [0.29, 0.717) is 0 Å². The van der Waals surface area contributed by atoms with E-state index in [4.69, 9.17) is 5.73 Å². The third-order valence-corrected chi connectivity index (χ3v) is 2.37. The normalized spacial score (nSPS) is 15.5. The predicted octanol–water partition coefficient (Wildman–Crippen LogP) is 0.182. The highest BCUT2D eigenvalue weighted by atomic mass is 16.1. The van der Waals surface area contributed by atoms with Crippen LogP contribution in [0.15, 0.2) is 0 Å². The van der Waals surface area contributed by atoms with Gasteiger partial charge in [-0.05, 0) is 47.0 Å². The minimum Gasteiger partial charge on any atom is -0.368 e. The Morgan fingerprint density at radius 1 is 1.50 bits per heavy atom. The summed E-state index contributed by atoms with van der Waals surface area (Å²) >= 11 is 0. The van der Waals surface area contributed by atoms with E-state index in [-0.39, 0.29) is 5.91 Å². The third kappa shape index (κ3) is 4.58. The number of amides is 1. The summed E-state index contributed by atoms with van der Waals surface area (Å²) in [5, 5.41) is 3.20. The molecule has 84 valence electrons. The zero-order valence-corrected chi connectivity index (χ0v) is 9.76. The van der Waals surface area contributed by atoms with E-state index in [9.17, 15) is 4.79 Å². The molecular weight excluding hydrogens is 178 g/mol. The van der Waals surface area contributed by atoms with Crippen molar-refractivity contribution in [3.05, 3.63) is 0 Å². The summed E-state index contributed by atoms with van der Waals surface area (Å²) in [4.78, 5) is 13.3. The van der Waals surface area contributed by atoms with Crippen molar-refractivity contribution in [2.45, 2.75) is 32.2 Å². The van der Waals surface area contributed by atoms with Crippen LogP contribution in [0.2, 0.25) is 0 Å². The number of nitrogens with zero attached hydrogens (tertiary/aromatic N) is 1. The molecule has 0 saturated carbocycles. The van der Waals surface area contributed by atoms with Gasteiger partial charge in [-0.1, -0.05) is 6.92 Å². The highest BCUT2D eigenvalue weighted by molar-refractivity contribution is 5.84. The van der Waals surface area contributed by atoms with Gasteiger partial charge in [-0.15, -0.1) is 0 Å². The Kier molecular flexibility index (Phi) is 5.72. The molecule has 0 bridgehead atoms. The fourth-order valence-electron chi connectivity index (χ4n) is 1.15. The SMILES string of the molecule is CCCNC(C)(CCN(C)C)C(N)=O. The lowest BCUT2D eigenvalue weighted by Crippen LogP contribution is -2.54. The summed E-state index contributed by atoms with van der Waals surface area (Å²) in [6.45, 7) is 5.62. The van der Waals surface area contributed by atoms with Crippen LogP contribution in [0.25, 0.3) is 0 Å². The second-order valence-corrected chi connectivity index (χ2v) is 4.18. The summed E-state index contributed by atoms with van der Waals surface area (Å²) in [6.07, 6.45) is 1.75. The number of hydrogen-bond donors (Lipinski definition) is 2. The first-order chi connectivity index (χ1) is 6.42. The molecule has 0 saturated heterocycles. The van der Waals surface area contributed by atoms with Crippen molar-refractivity contribution in [1.29, 1.82) is 0 Å². The molecule has 0 aromatic rings. The van der Waals surface area contributed by atoms with Crippen molar-refractivity contribution < 1.29 is 4.79 Å². The van der Waals surface area contributed by atoms with Crippen LogP contribution in [-0.2, 0) is 4.79 Å². The lowest BCUT2D eigenvalue weighted by Gasteiger charge is -2.28. The maximum Gasteiger partial charge on any atom is 0.237 e. The molecule has 0 heterocycles. The smallest absolute Gasteiger partial charge is 0.237 e. The fraction of sp³-hybridized carbons (Fsp3) is 0.900. The quantitative estimate of drug-likeness (QED) is 0.618.